The van der Waals surface area contributed by atoms with Crippen LogP contribution in [0.25, 0.3) is 0 Å². The van der Waals surface area contributed by atoms with Crippen molar-refractivity contribution in [3.8, 4) is 0 Å². The maximum atomic E-state index is 10.6. The third-order valence-electron chi connectivity index (χ3n) is 1.65. The molecule has 6 nitrogen and oxygen atoms in total. The first-order chi connectivity index (χ1) is 6.65. The van der Waals surface area contributed by atoms with Crippen LogP contribution in [-0.4, -0.2) is 23.2 Å². The molecule has 0 amide bonds. The minimum Gasteiger partial charge on any atom is -0.399 e. The summed E-state index contributed by atoms with van der Waals surface area (Å²) in [6.45, 7) is 0.187. The number of nitrogens with zero attached hydrogens (tertiary/aromatic N) is 1. The highest BCUT2D eigenvalue weighted by molar-refractivity contribution is 5.66. The van der Waals surface area contributed by atoms with Crippen LogP contribution in [0.1, 0.15) is 0 Å². The van der Waals surface area contributed by atoms with Gasteiger partial charge in [0.2, 0.25) is 0 Å². The van der Waals surface area contributed by atoms with Crippen molar-refractivity contribution in [1.29, 1.82) is 0 Å². The van der Waals surface area contributed by atoms with Crippen LogP contribution in [0.4, 0.5) is 17.1 Å². The van der Waals surface area contributed by atoms with Crippen molar-refractivity contribution in [3.05, 3.63) is 28.3 Å². The summed E-state index contributed by atoms with van der Waals surface area (Å²) in [7, 11) is 0. The van der Waals surface area contributed by atoms with Crippen molar-refractivity contribution in [2.24, 2.45) is 0 Å². The first kappa shape index (κ1) is 10.3. The molecule has 0 spiro atoms. The van der Waals surface area contributed by atoms with E-state index in [1.165, 1.54) is 12.1 Å². The summed E-state index contributed by atoms with van der Waals surface area (Å²) < 4.78 is 0. The van der Waals surface area contributed by atoms with Gasteiger partial charge in [-0.1, -0.05) is 0 Å². The van der Waals surface area contributed by atoms with Crippen molar-refractivity contribution in [2.45, 2.75) is 0 Å². The van der Waals surface area contributed by atoms with E-state index in [4.69, 9.17) is 10.8 Å². The Kier molecular flexibility index (Phi) is 3.24. The monoisotopic (exact) mass is 197 g/mol. The lowest BCUT2D eigenvalue weighted by molar-refractivity contribution is -0.383. The molecule has 14 heavy (non-hydrogen) atoms. The second-order valence-corrected chi connectivity index (χ2v) is 2.68. The van der Waals surface area contributed by atoms with Gasteiger partial charge in [-0.2, -0.15) is 0 Å². The molecule has 0 aliphatic heterocycles. The Labute approximate surface area is 80.5 Å². The molecule has 0 heterocycles. The number of nitrogen functional groups attached to an aromatic ring is 1. The molecule has 1 aromatic carbocycles. The van der Waals surface area contributed by atoms with E-state index in [0.717, 1.165) is 0 Å². The molecule has 0 aromatic heterocycles. The highest BCUT2D eigenvalue weighted by Crippen LogP contribution is 2.26. The van der Waals surface area contributed by atoms with Crippen molar-refractivity contribution in [2.75, 3.05) is 24.2 Å². The second-order valence-electron chi connectivity index (χ2n) is 2.68. The van der Waals surface area contributed by atoms with Gasteiger partial charge in [0.1, 0.15) is 5.69 Å². The smallest absolute Gasteiger partial charge is 0.294 e. The number of nitrogens with two attached hydrogens (primary N) is 1. The van der Waals surface area contributed by atoms with Crippen molar-refractivity contribution in [1.82, 2.24) is 0 Å². The molecular weight excluding hydrogens is 186 g/mol. The Hall–Kier alpha value is -1.82. The van der Waals surface area contributed by atoms with Crippen LogP contribution in [0.3, 0.4) is 0 Å². The molecule has 0 saturated heterocycles. The van der Waals surface area contributed by atoms with Crippen molar-refractivity contribution < 1.29 is 10.0 Å². The molecule has 0 radical (unpaired) electrons. The van der Waals surface area contributed by atoms with Gasteiger partial charge in [0.05, 0.1) is 11.5 Å². The summed E-state index contributed by atoms with van der Waals surface area (Å²) in [4.78, 5) is 10.1. The van der Waals surface area contributed by atoms with E-state index in [-0.39, 0.29) is 18.8 Å². The van der Waals surface area contributed by atoms with E-state index in [0.29, 0.717) is 11.4 Å². The van der Waals surface area contributed by atoms with E-state index < -0.39 is 4.92 Å². The third kappa shape index (κ3) is 2.33. The molecule has 0 saturated carbocycles. The van der Waals surface area contributed by atoms with Crippen LogP contribution in [0, 0.1) is 10.1 Å². The Morgan fingerprint density at radius 1 is 1.57 bits per heavy atom. The van der Waals surface area contributed by atoms with E-state index in [9.17, 15) is 10.1 Å². The summed E-state index contributed by atoms with van der Waals surface area (Å²) in [5, 5.41) is 21.9. The first-order valence-electron chi connectivity index (χ1n) is 4.04. The fourth-order valence-electron chi connectivity index (χ4n) is 1.04. The number of aliphatic hydroxyl groups is 1. The molecule has 76 valence electrons. The number of rotatable bonds is 4. The van der Waals surface area contributed by atoms with Gasteiger partial charge in [-0.05, 0) is 12.1 Å². The Morgan fingerprint density at radius 3 is 2.86 bits per heavy atom. The number of anilines is 2. The first-order valence-corrected chi connectivity index (χ1v) is 4.04. The van der Waals surface area contributed by atoms with Crippen LogP contribution in [0.5, 0.6) is 0 Å². The number of benzene rings is 1. The molecule has 1 aromatic rings. The lowest BCUT2D eigenvalue weighted by Crippen LogP contribution is -2.07. The lowest BCUT2D eigenvalue weighted by Gasteiger charge is -2.05. The van der Waals surface area contributed by atoms with Gasteiger partial charge < -0.3 is 16.2 Å². The number of hydrogen-bond acceptors (Lipinski definition) is 5. The summed E-state index contributed by atoms with van der Waals surface area (Å²) in [6, 6.07) is 4.36. The molecular formula is C8H11N3O3. The third-order valence-corrected chi connectivity index (χ3v) is 1.65. The highest BCUT2D eigenvalue weighted by atomic mass is 16.6. The van der Waals surface area contributed by atoms with Gasteiger partial charge in [-0.25, -0.2) is 0 Å². The van der Waals surface area contributed by atoms with Crippen LogP contribution in [0.2, 0.25) is 0 Å². The Balaban J connectivity index is 2.96. The summed E-state index contributed by atoms with van der Waals surface area (Å²) >= 11 is 0. The SMILES string of the molecule is Nc1ccc(NCCO)c([N+](=O)[O-])c1. The average Bonchev–Trinajstić information content (AvgIpc) is 2.15. The van der Waals surface area contributed by atoms with Crippen LogP contribution in [0.15, 0.2) is 18.2 Å². The molecule has 4 N–H and O–H groups in total. The second kappa shape index (κ2) is 4.43. The maximum Gasteiger partial charge on any atom is 0.294 e. The topological polar surface area (TPSA) is 101 Å². The predicted molar refractivity (Wildman–Crippen MR) is 53.1 cm³/mol. The maximum absolute atomic E-state index is 10.6. The highest BCUT2D eigenvalue weighted by Gasteiger charge is 2.12. The normalized spacial score (nSPS) is 9.79. The summed E-state index contributed by atoms with van der Waals surface area (Å²) in [5.41, 5.74) is 6.03. The molecule has 0 unspecified atom stereocenters. The zero-order chi connectivity index (χ0) is 10.6. The van der Waals surface area contributed by atoms with Gasteiger partial charge in [0.15, 0.2) is 0 Å². The minimum atomic E-state index is -0.518. The molecule has 0 aliphatic carbocycles. The average molecular weight is 197 g/mol. The van der Waals surface area contributed by atoms with Gasteiger partial charge in [0, 0.05) is 18.3 Å². The quantitative estimate of drug-likeness (QED) is 0.372. The fraction of sp³-hybridized carbons (Fsp3) is 0.250. The molecule has 6 heteroatoms. The Morgan fingerprint density at radius 2 is 2.29 bits per heavy atom. The number of nitro groups is 1. The standard InChI is InChI=1S/C8H11N3O3/c9-6-1-2-7(10-3-4-12)8(5-6)11(13)14/h1-2,5,10,12H,3-4,9H2. The summed E-state index contributed by atoms with van der Waals surface area (Å²) in [6.07, 6.45) is 0. The van der Waals surface area contributed by atoms with Crippen LogP contribution >= 0.6 is 0 Å². The largest absolute Gasteiger partial charge is 0.399 e. The molecule has 0 atom stereocenters. The number of nitro benzene ring substituents is 1. The van der Waals surface area contributed by atoms with Crippen LogP contribution in [-0.2, 0) is 0 Å². The van der Waals surface area contributed by atoms with E-state index in [1.807, 2.05) is 0 Å². The van der Waals surface area contributed by atoms with E-state index >= 15 is 0 Å². The van der Waals surface area contributed by atoms with E-state index in [2.05, 4.69) is 5.32 Å². The predicted octanol–water partition coefficient (Wildman–Crippen LogP) is 0.581. The lowest BCUT2D eigenvalue weighted by atomic mass is 10.2. The molecule has 1 rings (SSSR count). The molecule has 0 fully saturated rings. The Bertz CT molecular complexity index is 341. The van der Waals surface area contributed by atoms with Gasteiger partial charge in [0.25, 0.3) is 5.69 Å². The number of aliphatic hydroxyl groups excluding tert-OH is 1. The molecule has 0 aliphatic rings. The summed E-state index contributed by atoms with van der Waals surface area (Å²) in [5.74, 6) is 0. The zero-order valence-corrected chi connectivity index (χ0v) is 7.43. The minimum absolute atomic E-state index is 0.0818. The zero-order valence-electron chi connectivity index (χ0n) is 7.43. The van der Waals surface area contributed by atoms with Crippen LogP contribution < -0.4 is 11.1 Å². The number of nitrogens with one attached hydrogen (secondary N) is 1. The van der Waals surface area contributed by atoms with Gasteiger partial charge >= 0.3 is 0 Å². The van der Waals surface area contributed by atoms with Gasteiger partial charge in [-0.15, -0.1) is 0 Å². The van der Waals surface area contributed by atoms with E-state index in [1.54, 1.807) is 6.07 Å². The number of hydrogen-bond donors (Lipinski definition) is 3. The van der Waals surface area contributed by atoms with Crippen molar-refractivity contribution in [3.63, 3.8) is 0 Å². The van der Waals surface area contributed by atoms with Crippen molar-refractivity contribution >= 4 is 17.1 Å². The van der Waals surface area contributed by atoms with Gasteiger partial charge in [-0.3, -0.25) is 10.1 Å². The molecule has 0 bridgehead atoms. The fourth-order valence-corrected chi connectivity index (χ4v) is 1.04.